The summed E-state index contributed by atoms with van der Waals surface area (Å²) in [4.78, 5) is 4.72. The molecule has 0 aliphatic carbocycles. The molecule has 0 spiro atoms. The van der Waals surface area contributed by atoms with Gasteiger partial charge in [0.15, 0.2) is 17.5 Å². The maximum atomic E-state index is 5.38. The van der Waals surface area contributed by atoms with E-state index >= 15 is 0 Å². The minimum Gasteiger partial charge on any atom is -0.493 e. The second-order valence-electron chi connectivity index (χ2n) is 6.71. The fourth-order valence-corrected chi connectivity index (χ4v) is 3.12. The Morgan fingerprint density at radius 3 is 2.50 bits per heavy atom. The zero-order valence-electron chi connectivity index (χ0n) is 17.8. The summed E-state index contributed by atoms with van der Waals surface area (Å²) in [5.74, 6) is 2.18. The van der Waals surface area contributed by atoms with Crippen LogP contribution < -0.4 is 20.1 Å². The van der Waals surface area contributed by atoms with Crippen molar-refractivity contribution in [1.29, 1.82) is 0 Å². The summed E-state index contributed by atoms with van der Waals surface area (Å²) in [6.45, 7) is 4.79. The standard InChI is InChI=1S/C23H29N5O2/c1-4-24-23(25-15-18-10-11-21(29-2)22(14-18)30-3)26-16-19-8-5-6-9-20(19)17-28-13-7-12-27-28/h5-14H,4,15-17H2,1-3H3,(H2,24,25,26). The van der Waals surface area contributed by atoms with Gasteiger partial charge in [-0.25, -0.2) is 4.99 Å². The van der Waals surface area contributed by atoms with Crippen molar-refractivity contribution in [1.82, 2.24) is 20.4 Å². The quantitative estimate of drug-likeness (QED) is 0.421. The highest BCUT2D eigenvalue weighted by molar-refractivity contribution is 5.79. The topological polar surface area (TPSA) is 72.7 Å². The van der Waals surface area contributed by atoms with Gasteiger partial charge < -0.3 is 20.1 Å². The number of aliphatic imine (C=N–C) groups is 1. The Kier molecular flexibility index (Phi) is 7.71. The van der Waals surface area contributed by atoms with Gasteiger partial charge >= 0.3 is 0 Å². The van der Waals surface area contributed by atoms with Gasteiger partial charge in [0.25, 0.3) is 0 Å². The average molecular weight is 408 g/mol. The molecule has 30 heavy (non-hydrogen) atoms. The SMILES string of the molecule is CCNC(=NCc1ccc(OC)c(OC)c1)NCc1ccccc1Cn1cccn1. The van der Waals surface area contributed by atoms with E-state index in [2.05, 4.69) is 46.9 Å². The summed E-state index contributed by atoms with van der Waals surface area (Å²) in [5.41, 5.74) is 3.48. The third-order valence-corrected chi connectivity index (χ3v) is 4.67. The fourth-order valence-electron chi connectivity index (χ4n) is 3.12. The van der Waals surface area contributed by atoms with Gasteiger partial charge in [-0.2, -0.15) is 5.10 Å². The normalized spacial score (nSPS) is 11.2. The van der Waals surface area contributed by atoms with Crippen molar-refractivity contribution < 1.29 is 9.47 Å². The van der Waals surface area contributed by atoms with E-state index in [0.717, 1.165) is 24.6 Å². The lowest BCUT2D eigenvalue weighted by Gasteiger charge is -2.14. The minimum atomic E-state index is 0.532. The molecule has 0 amide bonds. The number of ether oxygens (including phenoxy) is 2. The molecule has 0 atom stereocenters. The number of nitrogens with one attached hydrogen (secondary N) is 2. The molecule has 7 heteroatoms. The van der Waals surface area contributed by atoms with Crippen LogP contribution in [-0.2, 0) is 19.6 Å². The predicted octanol–water partition coefficient (Wildman–Crippen LogP) is 3.20. The molecule has 0 unspecified atom stereocenters. The Labute approximate surface area is 177 Å². The molecule has 0 aliphatic rings. The summed E-state index contributed by atoms with van der Waals surface area (Å²) in [6.07, 6.45) is 3.77. The Hall–Kier alpha value is -3.48. The maximum Gasteiger partial charge on any atom is 0.191 e. The molecule has 0 saturated heterocycles. The zero-order valence-corrected chi connectivity index (χ0v) is 17.8. The van der Waals surface area contributed by atoms with E-state index in [4.69, 9.17) is 14.5 Å². The first-order valence-electron chi connectivity index (χ1n) is 10.0. The molecule has 0 bridgehead atoms. The van der Waals surface area contributed by atoms with Gasteiger partial charge in [-0.3, -0.25) is 4.68 Å². The van der Waals surface area contributed by atoms with Gasteiger partial charge in [0.05, 0.1) is 27.3 Å². The summed E-state index contributed by atoms with van der Waals surface area (Å²) in [5, 5.41) is 11.0. The van der Waals surface area contributed by atoms with Crippen LogP contribution in [0.3, 0.4) is 0 Å². The van der Waals surface area contributed by atoms with Gasteiger partial charge in [0, 0.05) is 25.5 Å². The van der Waals surface area contributed by atoms with Gasteiger partial charge in [-0.15, -0.1) is 0 Å². The van der Waals surface area contributed by atoms with Gasteiger partial charge in [-0.1, -0.05) is 30.3 Å². The number of hydrogen-bond donors (Lipinski definition) is 2. The van der Waals surface area contributed by atoms with E-state index in [-0.39, 0.29) is 0 Å². The van der Waals surface area contributed by atoms with Crippen LogP contribution in [0.4, 0.5) is 0 Å². The molecule has 0 aliphatic heterocycles. The molecular formula is C23H29N5O2. The third-order valence-electron chi connectivity index (χ3n) is 4.67. The molecule has 1 aromatic heterocycles. The van der Waals surface area contributed by atoms with Crippen molar-refractivity contribution in [2.24, 2.45) is 4.99 Å². The molecule has 1 heterocycles. The largest absolute Gasteiger partial charge is 0.493 e. The van der Waals surface area contributed by atoms with Crippen LogP contribution in [0.25, 0.3) is 0 Å². The van der Waals surface area contributed by atoms with Crippen LogP contribution in [0.1, 0.15) is 23.6 Å². The second kappa shape index (κ2) is 10.9. The number of nitrogens with zero attached hydrogens (tertiary/aromatic N) is 3. The second-order valence-corrected chi connectivity index (χ2v) is 6.71. The first-order valence-corrected chi connectivity index (χ1v) is 10.0. The van der Waals surface area contributed by atoms with E-state index in [1.165, 1.54) is 11.1 Å². The third kappa shape index (κ3) is 5.76. The molecule has 3 aromatic rings. The number of rotatable bonds is 9. The van der Waals surface area contributed by atoms with Crippen molar-refractivity contribution >= 4 is 5.96 Å². The lowest BCUT2D eigenvalue weighted by atomic mass is 10.1. The van der Waals surface area contributed by atoms with E-state index in [9.17, 15) is 0 Å². The van der Waals surface area contributed by atoms with E-state index in [0.29, 0.717) is 24.6 Å². The van der Waals surface area contributed by atoms with Crippen molar-refractivity contribution in [2.45, 2.75) is 26.6 Å². The van der Waals surface area contributed by atoms with Crippen LogP contribution in [0.5, 0.6) is 11.5 Å². The molecule has 0 radical (unpaired) electrons. The fraction of sp³-hybridized carbons (Fsp3) is 0.304. The zero-order chi connectivity index (χ0) is 21.2. The Bertz CT molecular complexity index is 954. The maximum absolute atomic E-state index is 5.38. The van der Waals surface area contributed by atoms with Gasteiger partial charge in [0.1, 0.15) is 0 Å². The number of hydrogen-bond acceptors (Lipinski definition) is 4. The summed E-state index contributed by atoms with van der Waals surface area (Å²) in [6, 6.07) is 16.1. The van der Waals surface area contributed by atoms with Crippen molar-refractivity contribution in [3.63, 3.8) is 0 Å². The van der Waals surface area contributed by atoms with Crippen LogP contribution in [0.2, 0.25) is 0 Å². The first kappa shape index (κ1) is 21.2. The van der Waals surface area contributed by atoms with Crippen LogP contribution in [-0.4, -0.2) is 36.5 Å². The average Bonchev–Trinajstić information content (AvgIpc) is 3.29. The minimum absolute atomic E-state index is 0.532. The lowest BCUT2D eigenvalue weighted by Crippen LogP contribution is -2.37. The Morgan fingerprint density at radius 2 is 1.80 bits per heavy atom. The van der Waals surface area contributed by atoms with E-state index < -0.39 is 0 Å². The van der Waals surface area contributed by atoms with Gasteiger partial charge in [-0.05, 0) is 41.8 Å². The smallest absolute Gasteiger partial charge is 0.191 e. The number of methoxy groups -OCH3 is 2. The summed E-state index contributed by atoms with van der Waals surface area (Å²) in [7, 11) is 3.27. The van der Waals surface area contributed by atoms with Crippen LogP contribution >= 0.6 is 0 Å². The summed E-state index contributed by atoms with van der Waals surface area (Å²) < 4.78 is 12.6. The van der Waals surface area contributed by atoms with Crippen LogP contribution in [0, 0.1) is 0 Å². The molecular weight excluding hydrogens is 378 g/mol. The molecule has 0 saturated carbocycles. The molecule has 158 valence electrons. The molecule has 2 aromatic carbocycles. The number of guanidine groups is 1. The highest BCUT2D eigenvalue weighted by Gasteiger charge is 2.06. The van der Waals surface area contributed by atoms with Crippen molar-refractivity contribution in [3.05, 3.63) is 77.6 Å². The highest BCUT2D eigenvalue weighted by atomic mass is 16.5. The first-order chi connectivity index (χ1) is 14.7. The van der Waals surface area contributed by atoms with Crippen molar-refractivity contribution in [2.75, 3.05) is 20.8 Å². The Balaban J connectivity index is 1.68. The monoisotopic (exact) mass is 407 g/mol. The van der Waals surface area contributed by atoms with Crippen molar-refractivity contribution in [3.8, 4) is 11.5 Å². The number of benzene rings is 2. The summed E-state index contributed by atoms with van der Waals surface area (Å²) >= 11 is 0. The van der Waals surface area contributed by atoms with E-state index in [1.807, 2.05) is 35.1 Å². The van der Waals surface area contributed by atoms with Crippen LogP contribution in [0.15, 0.2) is 65.9 Å². The molecule has 3 rings (SSSR count). The highest BCUT2D eigenvalue weighted by Crippen LogP contribution is 2.27. The molecule has 7 nitrogen and oxygen atoms in total. The van der Waals surface area contributed by atoms with E-state index in [1.54, 1.807) is 20.4 Å². The molecule has 2 N–H and O–H groups in total. The predicted molar refractivity (Wildman–Crippen MR) is 119 cm³/mol. The van der Waals surface area contributed by atoms with Gasteiger partial charge in [0.2, 0.25) is 0 Å². The lowest BCUT2D eigenvalue weighted by molar-refractivity contribution is 0.354. The molecule has 0 fully saturated rings. The number of aromatic nitrogens is 2. The Morgan fingerprint density at radius 1 is 1.00 bits per heavy atom.